The Balaban J connectivity index is 0.000000214. The molecule has 6 aromatic carbocycles. The van der Waals surface area contributed by atoms with Crippen molar-refractivity contribution in [3.8, 4) is 34.3 Å². The van der Waals surface area contributed by atoms with E-state index >= 15 is 0 Å². The predicted molar refractivity (Wildman–Crippen MR) is 294 cm³/mol. The summed E-state index contributed by atoms with van der Waals surface area (Å²) in [6.07, 6.45) is -9.56. The van der Waals surface area contributed by atoms with Crippen molar-refractivity contribution in [3.05, 3.63) is 187 Å². The Labute approximate surface area is 478 Å². The van der Waals surface area contributed by atoms with Crippen molar-refractivity contribution >= 4 is 91.6 Å². The zero-order chi connectivity index (χ0) is 58.0. The lowest BCUT2D eigenvalue weighted by Crippen LogP contribution is -2.23. The molecule has 0 saturated carbocycles. The van der Waals surface area contributed by atoms with E-state index < -0.39 is 29.9 Å². The van der Waals surface area contributed by atoms with Gasteiger partial charge in [0.15, 0.2) is 0 Å². The molecule has 8 rings (SSSR count). The van der Waals surface area contributed by atoms with Crippen LogP contribution in [0, 0.1) is 0 Å². The fourth-order valence-electron chi connectivity index (χ4n) is 6.88. The molecule has 1 amide bonds. The minimum atomic E-state index is -4.81. The molecule has 23 heteroatoms. The van der Waals surface area contributed by atoms with Crippen LogP contribution < -0.4 is 19.2 Å². The summed E-state index contributed by atoms with van der Waals surface area (Å²) in [6, 6.07) is 35.6. The van der Waals surface area contributed by atoms with E-state index in [2.05, 4.69) is 35.6 Å². The molecule has 0 radical (unpaired) electrons. The van der Waals surface area contributed by atoms with Crippen molar-refractivity contribution in [2.45, 2.75) is 83.8 Å². The molecule has 1 aromatic heterocycles. The third kappa shape index (κ3) is 19.5. The van der Waals surface area contributed by atoms with Gasteiger partial charge in [0.1, 0.15) is 29.3 Å². The van der Waals surface area contributed by atoms with Crippen LogP contribution in [0.5, 0.6) is 17.4 Å². The van der Waals surface area contributed by atoms with Gasteiger partial charge < -0.3 is 23.7 Å². The predicted octanol–water partition coefficient (Wildman–Crippen LogP) is 16.8. The minimum absolute atomic E-state index is 0.0253. The molecule has 79 heavy (non-hydrogen) atoms. The van der Waals surface area contributed by atoms with Crippen LogP contribution in [0.2, 0.25) is 20.1 Å². The number of rotatable bonds is 12. The van der Waals surface area contributed by atoms with E-state index in [1.165, 1.54) is 41.1 Å². The Morgan fingerprint density at radius 2 is 0.987 bits per heavy atom. The summed E-state index contributed by atoms with van der Waals surface area (Å²) >= 11 is 27.6. The summed E-state index contributed by atoms with van der Waals surface area (Å²) in [6.45, 7) is 11.1. The Hall–Kier alpha value is -6.77. The van der Waals surface area contributed by atoms with Gasteiger partial charge in [0.05, 0.1) is 40.3 Å². The topological polar surface area (TPSA) is 131 Å². The highest BCUT2D eigenvalue weighted by Crippen LogP contribution is 2.33. The van der Waals surface area contributed by atoms with Gasteiger partial charge in [-0.3, -0.25) is 4.79 Å². The number of benzene rings is 6. The molecule has 0 spiro atoms. The van der Waals surface area contributed by atoms with E-state index in [0.717, 1.165) is 33.6 Å². The summed E-state index contributed by atoms with van der Waals surface area (Å²) in [4.78, 5) is 36.1. The number of carbonyl (C=O) groups is 3. The third-order valence-electron chi connectivity index (χ3n) is 10.2. The van der Waals surface area contributed by atoms with Crippen LogP contribution in [-0.2, 0) is 26.2 Å². The lowest BCUT2D eigenvalue weighted by molar-refractivity contribution is -0.275. The molecule has 0 unspecified atom stereocenters. The lowest BCUT2D eigenvalue weighted by Gasteiger charge is -2.19. The third-order valence-corrected chi connectivity index (χ3v) is 11.7. The summed E-state index contributed by atoms with van der Waals surface area (Å²) < 4.78 is 100. The van der Waals surface area contributed by atoms with Crippen LogP contribution in [0.1, 0.15) is 85.4 Å². The smallest absolute Gasteiger partial charge is 0.473 e. The van der Waals surface area contributed by atoms with Crippen molar-refractivity contribution < 1.29 is 64.4 Å². The molecule has 0 aliphatic carbocycles. The normalized spacial score (nSPS) is 12.6. The number of hydrogen-bond donors (Lipinski definition) is 0. The Morgan fingerprint density at radius 1 is 0.570 bits per heavy atom. The van der Waals surface area contributed by atoms with E-state index in [1.54, 1.807) is 99.6 Å². The van der Waals surface area contributed by atoms with Crippen LogP contribution >= 0.6 is 62.3 Å². The quantitative estimate of drug-likeness (QED) is 0.0666. The number of hydrogen-bond acceptors (Lipinski definition) is 10. The van der Waals surface area contributed by atoms with Gasteiger partial charge in [-0.15, -0.1) is 26.3 Å². The maximum atomic E-state index is 12.6. The molecule has 12 nitrogen and oxygen atoms in total. The Morgan fingerprint density at radius 3 is 1.41 bits per heavy atom. The molecule has 0 fully saturated rings. The van der Waals surface area contributed by atoms with Crippen LogP contribution in [-0.4, -0.2) is 57.3 Å². The second kappa shape index (κ2) is 26.0. The molecule has 0 N–H and O–H groups in total. The number of hydrazone groups is 1. The highest BCUT2D eigenvalue weighted by molar-refractivity contribution is 9.08. The monoisotopic (exact) mass is 1240 g/mol. The molecule has 416 valence electrons. The summed E-state index contributed by atoms with van der Waals surface area (Å²) in [5.41, 5.74) is 4.76. The Kier molecular flexibility index (Phi) is 20.2. The lowest BCUT2D eigenvalue weighted by atomic mass is 10.1. The number of aromatic nitrogens is 2. The second-order valence-electron chi connectivity index (χ2n) is 18.9. The largest absolute Gasteiger partial charge is 0.573 e. The van der Waals surface area contributed by atoms with Gasteiger partial charge >= 0.3 is 24.7 Å². The molecule has 1 aliphatic heterocycles. The number of ether oxygens (including phenoxy) is 5. The minimum Gasteiger partial charge on any atom is -0.473 e. The average Bonchev–Trinajstić information content (AvgIpc) is 4.01. The number of esters is 2. The van der Waals surface area contributed by atoms with E-state index in [1.807, 2.05) is 32.9 Å². The van der Waals surface area contributed by atoms with Gasteiger partial charge in [0.25, 0.3) is 5.91 Å². The zero-order valence-corrected chi connectivity index (χ0v) is 47.2. The highest BCUT2D eigenvalue weighted by Gasteiger charge is 2.33. The van der Waals surface area contributed by atoms with Gasteiger partial charge in [0, 0.05) is 42.6 Å². The zero-order valence-electron chi connectivity index (χ0n) is 42.6. The summed E-state index contributed by atoms with van der Waals surface area (Å²) in [7, 11) is 0. The number of alkyl halides is 7. The van der Waals surface area contributed by atoms with E-state index in [0.29, 0.717) is 71.0 Å². The van der Waals surface area contributed by atoms with Crippen LogP contribution in [0.25, 0.3) is 16.9 Å². The fourth-order valence-corrected chi connectivity index (χ4v) is 8.31. The van der Waals surface area contributed by atoms with Crippen LogP contribution in [0.15, 0.2) is 145 Å². The molecule has 0 bridgehead atoms. The van der Waals surface area contributed by atoms with Gasteiger partial charge in [-0.25, -0.2) is 19.3 Å². The first kappa shape index (κ1) is 61.4. The first-order valence-corrected chi connectivity index (χ1v) is 26.0. The molecule has 2 heterocycles. The Bertz CT molecular complexity index is 3250. The van der Waals surface area contributed by atoms with Crippen molar-refractivity contribution in [2.75, 3.05) is 5.01 Å². The number of anilines is 1. The van der Waals surface area contributed by atoms with Crippen LogP contribution in [0.3, 0.4) is 0 Å². The van der Waals surface area contributed by atoms with Crippen molar-refractivity contribution in [3.63, 3.8) is 0 Å². The maximum absolute atomic E-state index is 12.6. The molecule has 7 aromatic rings. The summed E-state index contributed by atoms with van der Waals surface area (Å²) in [5, 5.41) is 12.3. The maximum Gasteiger partial charge on any atom is 0.573 e. The number of amides is 1. The molecule has 1 aliphatic rings. The standard InChI is InChI=1S/C28H23Cl2F3N2O4.C16H9Cl2F3N2O2.C12H15BrO2/c1-27(2,3)39-26(36)18-6-4-17(5-7-18)16-37-25-15-24(19-12-20(29)14-21(30)13-19)34-35(25)22-8-10-23(11-9-22)38-28(31,32)33;17-10-5-9(6-11(18)7-10)14-8-15(24)23(22-14)12-1-3-13(4-2-12)25-16(19,20)21;1-12(2,3)15-11(14)10-6-4-9(8-13)5-7-10/h4-15H,16H2,1-3H3;1-7H,8H2;4-7H,8H2,1-3H3. The molecule has 0 saturated heterocycles. The van der Waals surface area contributed by atoms with Crippen molar-refractivity contribution in [1.29, 1.82) is 0 Å². The fraction of sp³-hybridized carbons (Fsp3) is 0.232. The van der Waals surface area contributed by atoms with Gasteiger partial charge in [-0.2, -0.15) is 10.2 Å². The van der Waals surface area contributed by atoms with Crippen LogP contribution in [0.4, 0.5) is 32.0 Å². The highest BCUT2D eigenvalue weighted by atomic mass is 79.9. The van der Waals surface area contributed by atoms with Crippen molar-refractivity contribution in [1.82, 2.24) is 9.78 Å². The molecule has 0 atom stereocenters. The number of carbonyl (C=O) groups excluding carboxylic acids is 3. The first-order chi connectivity index (χ1) is 36.9. The van der Waals surface area contributed by atoms with E-state index in [4.69, 9.17) is 60.6 Å². The van der Waals surface area contributed by atoms with Gasteiger partial charge in [-0.05, 0) is 162 Å². The average molecular weight is 1240 g/mol. The number of nitrogens with zero attached hydrogens (tertiary/aromatic N) is 4. The molecular formula is C56H47BrCl4F6N4O8. The second-order valence-corrected chi connectivity index (χ2v) is 21.2. The van der Waals surface area contributed by atoms with Gasteiger partial charge in [-0.1, -0.05) is 86.6 Å². The van der Waals surface area contributed by atoms with E-state index in [9.17, 15) is 40.7 Å². The van der Waals surface area contributed by atoms with E-state index in [-0.39, 0.29) is 36.4 Å². The van der Waals surface area contributed by atoms with Crippen molar-refractivity contribution in [2.24, 2.45) is 5.10 Å². The SMILES string of the molecule is CC(C)(C)OC(=O)c1ccc(CBr)cc1.CC(C)(C)OC(=O)c1ccc(COc2cc(-c3cc(Cl)cc(Cl)c3)nn2-c2ccc(OC(F)(F)F)cc2)cc1.O=C1CC(c2cc(Cl)cc(Cl)c2)=NN1c1ccc(OC(F)(F)F)cc1. The van der Waals surface area contributed by atoms with Gasteiger partial charge in [0.2, 0.25) is 5.88 Å². The number of halogens is 11. The first-order valence-electron chi connectivity index (χ1n) is 23.4. The molecular weight excluding hydrogens is 1190 g/mol. The summed E-state index contributed by atoms with van der Waals surface area (Å²) in [5.74, 6) is -1.47.